The summed E-state index contributed by atoms with van der Waals surface area (Å²) in [7, 11) is 4.19. The molecule has 0 aliphatic heterocycles. The highest BCUT2D eigenvalue weighted by Gasteiger charge is 2.00. The zero-order valence-electron chi connectivity index (χ0n) is 11.5. The third kappa shape index (κ3) is 5.22. The number of unbranched alkanes of at least 4 members (excludes halogenated alkanes) is 2. The molecule has 0 aromatic heterocycles. The second kappa shape index (κ2) is 8.13. The maximum atomic E-state index is 3.19. The van der Waals surface area contributed by atoms with Crippen LogP contribution in [0.2, 0.25) is 0 Å². The Morgan fingerprint density at radius 1 is 1.06 bits per heavy atom. The smallest absolute Gasteiger partial charge is 0.0363 e. The first-order chi connectivity index (χ1) is 8.27. The van der Waals surface area contributed by atoms with Gasteiger partial charge in [0.1, 0.15) is 0 Å². The topological polar surface area (TPSA) is 15.3 Å². The Kier molecular flexibility index (Phi) is 6.71. The van der Waals surface area contributed by atoms with Gasteiger partial charge in [-0.15, -0.1) is 0 Å². The summed E-state index contributed by atoms with van der Waals surface area (Å²) in [6.07, 6.45) is 4.97. The van der Waals surface area contributed by atoms with Crippen LogP contribution in [0.3, 0.4) is 0 Å². The van der Waals surface area contributed by atoms with E-state index in [-0.39, 0.29) is 0 Å². The highest BCUT2D eigenvalue weighted by Crippen LogP contribution is 2.14. The quantitative estimate of drug-likeness (QED) is 0.695. The van der Waals surface area contributed by atoms with Crippen molar-refractivity contribution in [2.75, 3.05) is 32.1 Å². The molecule has 2 nitrogen and oxygen atoms in total. The summed E-state index contributed by atoms with van der Waals surface area (Å²) in [5, 5.41) is 3.19. The van der Waals surface area contributed by atoms with Crippen LogP contribution in [0.1, 0.15) is 31.7 Å². The SMILES string of the molecule is CCc1ccc(N(C)CCCCCNC)cc1. The van der Waals surface area contributed by atoms with Crippen LogP contribution in [0.5, 0.6) is 0 Å². The van der Waals surface area contributed by atoms with Crippen molar-refractivity contribution < 1.29 is 0 Å². The lowest BCUT2D eigenvalue weighted by Crippen LogP contribution is -2.18. The minimum atomic E-state index is 1.12. The maximum Gasteiger partial charge on any atom is 0.0363 e. The molecule has 1 aromatic rings. The number of hydrogen-bond acceptors (Lipinski definition) is 2. The summed E-state index contributed by atoms with van der Waals surface area (Å²) in [4.78, 5) is 2.35. The summed E-state index contributed by atoms with van der Waals surface area (Å²) in [5.41, 5.74) is 2.74. The summed E-state index contributed by atoms with van der Waals surface area (Å²) >= 11 is 0. The molecule has 0 amide bonds. The number of rotatable bonds is 8. The molecular formula is C15H26N2. The molecule has 0 heterocycles. The van der Waals surface area contributed by atoms with Gasteiger partial charge in [0, 0.05) is 19.3 Å². The third-order valence-corrected chi connectivity index (χ3v) is 3.21. The predicted molar refractivity (Wildman–Crippen MR) is 76.9 cm³/mol. The van der Waals surface area contributed by atoms with E-state index in [1.807, 2.05) is 7.05 Å². The van der Waals surface area contributed by atoms with Crippen molar-refractivity contribution in [1.29, 1.82) is 0 Å². The lowest BCUT2D eigenvalue weighted by Gasteiger charge is -2.19. The molecule has 0 bridgehead atoms. The monoisotopic (exact) mass is 234 g/mol. The predicted octanol–water partition coefficient (Wildman–Crippen LogP) is 3.07. The highest BCUT2D eigenvalue weighted by molar-refractivity contribution is 5.46. The van der Waals surface area contributed by atoms with Gasteiger partial charge in [0.2, 0.25) is 0 Å². The van der Waals surface area contributed by atoms with Crippen molar-refractivity contribution in [3.05, 3.63) is 29.8 Å². The van der Waals surface area contributed by atoms with Crippen molar-refractivity contribution in [3.63, 3.8) is 0 Å². The summed E-state index contributed by atoms with van der Waals surface area (Å²) < 4.78 is 0. The average molecular weight is 234 g/mol. The molecule has 0 fully saturated rings. The second-order valence-corrected chi connectivity index (χ2v) is 4.61. The lowest BCUT2D eigenvalue weighted by molar-refractivity contribution is 0.639. The van der Waals surface area contributed by atoms with Gasteiger partial charge in [0.25, 0.3) is 0 Å². The number of benzene rings is 1. The second-order valence-electron chi connectivity index (χ2n) is 4.61. The molecule has 0 spiro atoms. The standard InChI is InChI=1S/C15H26N2/c1-4-14-8-10-15(11-9-14)17(3)13-7-5-6-12-16-2/h8-11,16H,4-7,12-13H2,1-3H3. The Hall–Kier alpha value is -1.02. The average Bonchev–Trinajstić information content (AvgIpc) is 2.38. The molecule has 0 saturated heterocycles. The largest absolute Gasteiger partial charge is 0.375 e. The molecule has 0 saturated carbocycles. The Morgan fingerprint density at radius 2 is 1.76 bits per heavy atom. The number of aryl methyl sites for hydroxylation is 1. The van der Waals surface area contributed by atoms with E-state index in [4.69, 9.17) is 0 Å². The molecule has 2 heteroatoms. The Balaban J connectivity index is 2.28. The molecule has 1 aromatic carbocycles. The summed E-state index contributed by atoms with van der Waals surface area (Å²) in [6, 6.07) is 8.92. The first-order valence-corrected chi connectivity index (χ1v) is 6.72. The molecule has 1 rings (SSSR count). The molecule has 0 aliphatic rings. The minimum Gasteiger partial charge on any atom is -0.375 e. The molecule has 1 N–H and O–H groups in total. The van der Waals surface area contributed by atoms with Crippen molar-refractivity contribution in [2.45, 2.75) is 32.6 Å². The van der Waals surface area contributed by atoms with E-state index >= 15 is 0 Å². The maximum absolute atomic E-state index is 3.19. The van der Waals surface area contributed by atoms with E-state index in [0.717, 1.165) is 19.5 Å². The van der Waals surface area contributed by atoms with Gasteiger partial charge in [-0.25, -0.2) is 0 Å². The minimum absolute atomic E-state index is 1.12. The van der Waals surface area contributed by atoms with Crippen molar-refractivity contribution >= 4 is 5.69 Å². The first-order valence-electron chi connectivity index (χ1n) is 6.72. The lowest BCUT2D eigenvalue weighted by atomic mass is 10.1. The highest BCUT2D eigenvalue weighted by atomic mass is 15.1. The number of anilines is 1. The van der Waals surface area contributed by atoms with Gasteiger partial charge in [-0.05, 0) is 50.6 Å². The molecule has 0 radical (unpaired) electrons. The first kappa shape index (κ1) is 14.0. The van der Waals surface area contributed by atoms with Crippen molar-refractivity contribution in [3.8, 4) is 0 Å². The van der Waals surface area contributed by atoms with Gasteiger partial charge in [-0.1, -0.05) is 25.5 Å². The summed E-state index contributed by atoms with van der Waals surface area (Å²) in [6.45, 7) is 4.48. The van der Waals surface area contributed by atoms with Crippen molar-refractivity contribution in [1.82, 2.24) is 5.32 Å². The van der Waals surface area contributed by atoms with E-state index in [1.165, 1.54) is 30.5 Å². The number of nitrogens with one attached hydrogen (secondary N) is 1. The van der Waals surface area contributed by atoms with Gasteiger partial charge in [0.15, 0.2) is 0 Å². The Morgan fingerprint density at radius 3 is 2.35 bits per heavy atom. The third-order valence-electron chi connectivity index (χ3n) is 3.21. The molecule has 0 aliphatic carbocycles. The van der Waals surface area contributed by atoms with Gasteiger partial charge in [-0.2, -0.15) is 0 Å². The zero-order chi connectivity index (χ0) is 12.5. The van der Waals surface area contributed by atoms with Gasteiger partial charge >= 0.3 is 0 Å². The number of nitrogens with zero attached hydrogens (tertiary/aromatic N) is 1. The zero-order valence-corrected chi connectivity index (χ0v) is 11.5. The molecular weight excluding hydrogens is 208 g/mol. The normalized spacial score (nSPS) is 10.5. The fourth-order valence-corrected chi connectivity index (χ4v) is 1.94. The Labute approximate surface area is 106 Å². The van der Waals surface area contributed by atoms with Crippen LogP contribution < -0.4 is 10.2 Å². The van der Waals surface area contributed by atoms with Gasteiger partial charge in [-0.3, -0.25) is 0 Å². The van der Waals surface area contributed by atoms with Crippen LogP contribution in [-0.2, 0) is 6.42 Å². The van der Waals surface area contributed by atoms with Crippen LogP contribution in [0.4, 0.5) is 5.69 Å². The van der Waals surface area contributed by atoms with E-state index < -0.39 is 0 Å². The fourth-order valence-electron chi connectivity index (χ4n) is 1.94. The fraction of sp³-hybridized carbons (Fsp3) is 0.600. The van der Waals surface area contributed by atoms with Crippen molar-refractivity contribution in [2.24, 2.45) is 0 Å². The van der Waals surface area contributed by atoms with Crippen LogP contribution in [-0.4, -0.2) is 27.2 Å². The van der Waals surface area contributed by atoms with Crippen LogP contribution >= 0.6 is 0 Å². The van der Waals surface area contributed by atoms with Gasteiger partial charge < -0.3 is 10.2 Å². The summed E-state index contributed by atoms with van der Waals surface area (Å²) in [5.74, 6) is 0. The van der Waals surface area contributed by atoms with Gasteiger partial charge in [0.05, 0.1) is 0 Å². The number of hydrogen-bond donors (Lipinski definition) is 1. The van der Waals surface area contributed by atoms with E-state index in [9.17, 15) is 0 Å². The Bertz CT molecular complexity index is 292. The van der Waals surface area contributed by atoms with Crippen LogP contribution in [0.15, 0.2) is 24.3 Å². The molecule has 17 heavy (non-hydrogen) atoms. The van der Waals surface area contributed by atoms with Crippen LogP contribution in [0.25, 0.3) is 0 Å². The van der Waals surface area contributed by atoms with Crippen LogP contribution in [0, 0.1) is 0 Å². The molecule has 0 unspecified atom stereocenters. The molecule has 0 atom stereocenters. The van der Waals surface area contributed by atoms with E-state index in [1.54, 1.807) is 0 Å². The molecule has 96 valence electrons. The van der Waals surface area contributed by atoms with E-state index in [0.29, 0.717) is 0 Å². The van der Waals surface area contributed by atoms with E-state index in [2.05, 4.69) is 48.5 Å².